The maximum atomic E-state index is 6.01. The van der Waals surface area contributed by atoms with Gasteiger partial charge in [0.25, 0.3) is 0 Å². The van der Waals surface area contributed by atoms with Gasteiger partial charge in [-0.2, -0.15) is 0 Å². The third kappa shape index (κ3) is 1.54. The van der Waals surface area contributed by atoms with Crippen LogP contribution >= 0.6 is 11.6 Å². The third-order valence-corrected chi connectivity index (χ3v) is 2.20. The van der Waals surface area contributed by atoms with Gasteiger partial charge < -0.3 is 15.6 Å². The number of halogens is 1. The molecule has 0 aliphatic heterocycles. The van der Waals surface area contributed by atoms with E-state index in [9.17, 15) is 0 Å². The van der Waals surface area contributed by atoms with E-state index < -0.39 is 0 Å². The molecule has 74 valence electrons. The van der Waals surface area contributed by atoms with Crippen molar-refractivity contribution in [1.29, 1.82) is 0 Å². The molecule has 0 saturated carbocycles. The average molecular weight is 212 g/mol. The second-order valence-electron chi connectivity index (χ2n) is 2.86. The van der Waals surface area contributed by atoms with E-state index >= 15 is 0 Å². The highest BCUT2D eigenvalue weighted by molar-refractivity contribution is 6.36. The first-order chi connectivity index (χ1) is 6.83. The van der Waals surface area contributed by atoms with Crippen molar-refractivity contribution in [3.63, 3.8) is 0 Å². The van der Waals surface area contributed by atoms with Crippen molar-refractivity contribution >= 4 is 28.4 Å². The van der Waals surface area contributed by atoms with Crippen LogP contribution in [0.3, 0.4) is 0 Å². The Balaban J connectivity index is 2.45. The molecule has 1 aromatic carbocycles. The Labute approximate surface area is 86.0 Å². The fourth-order valence-electron chi connectivity index (χ4n) is 1.26. The number of hydrogen-bond donors (Lipinski definition) is 2. The van der Waals surface area contributed by atoms with E-state index in [1.165, 1.54) is 0 Å². The molecule has 0 radical (unpaired) electrons. The predicted molar refractivity (Wildman–Crippen MR) is 56.6 cm³/mol. The molecule has 0 unspecified atom stereocenters. The van der Waals surface area contributed by atoms with Crippen molar-refractivity contribution in [2.75, 3.05) is 18.4 Å². The average Bonchev–Trinajstić information content (AvgIpc) is 2.59. The molecule has 2 aromatic rings. The Kier molecular flexibility index (Phi) is 2.56. The van der Waals surface area contributed by atoms with Gasteiger partial charge in [0.05, 0.1) is 10.4 Å². The Bertz CT molecular complexity index is 441. The number of nitrogens with two attached hydrogens (primary N) is 1. The van der Waals surface area contributed by atoms with Crippen molar-refractivity contribution in [3.8, 4) is 0 Å². The molecule has 0 amide bonds. The van der Waals surface area contributed by atoms with Crippen molar-refractivity contribution in [2.45, 2.75) is 0 Å². The van der Waals surface area contributed by atoms with E-state index in [2.05, 4.69) is 10.5 Å². The minimum atomic E-state index is 0.540. The molecule has 0 aliphatic rings. The van der Waals surface area contributed by atoms with Crippen LogP contribution in [0.1, 0.15) is 0 Å². The van der Waals surface area contributed by atoms with E-state index in [0.29, 0.717) is 29.5 Å². The lowest BCUT2D eigenvalue weighted by atomic mass is 10.2. The summed E-state index contributed by atoms with van der Waals surface area (Å²) in [5, 5.41) is 8.35. The highest BCUT2D eigenvalue weighted by Crippen LogP contribution is 2.29. The minimum absolute atomic E-state index is 0.540. The number of benzene rings is 1. The molecule has 1 heterocycles. The predicted octanol–water partition coefficient (Wildman–Crippen LogP) is 1.85. The number of rotatable bonds is 3. The molecule has 0 saturated heterocycles. The van der Waals surface area contributed by atoms with Gasteiger partial charge in [0.1, 0.15) is 0 Å². The summed E-state index contributed by atoms with van der Waals surface area (Å²) in [6.45, 7) is 1.19. The second-order valence-corrected chi connectivity index (χ2v) is 3.27. The second kappa shape index (κ2) is 3.86. The summed E-state index contributed by atoms with van der Waals surface area (Å²) < 4.78 is 5.09. The molecular formula is C9H10ClN3O. The quantitative estimate of drug-likeness (QED) is 0.814. The number of nitrogens with zero attached hydrogens (tertiary/aromatic N) is 1. The van der Waals surface area contributed by atoms with Crippen molar-refractivity contribution in [1.82, 2.24) is 5.16 Å². The van der Waals surface area contributed by atoms with Crippen molar-refractivity contribution < 1.29 is 4.52 Å². The molecule has 0 spiro atoms. The third-order valence-electron chi connectivity index (χ3n) is 1.88. The van der Waals surface area contributed by atoms with Crippen LogP contribution in [0.5, 0.6) is 0 Å². The van der Waals surface area contributed by atoms with Crippen LogP contribution in [-0.4, -0.2) is 18.2 Å². The summed E-state index contributed by atoms with van der Waals surface area (Å²) in [7, 11) is 0. The standard InChI is InChI=1S/C9H10ClN3O/c10-6-2-1-3-7-8(6)9(13-14-7)12-5-4-11/h1-3H,4-5,11H2,(H,12,13). The van der Waals surface area contributed by atoms with Gasteiger partial charge in [0, 0.05) is 13.1 Å². The number of hydrogen-bond acceptors (Lipinski definition) is 4. The summed E-state index contributed by atoms with van der Waals surface area (Å²) in [6, 6.07) is 5.44. The lowest BCUT2D eigenvalue weighted by Crippen LogP contribution is -2.13. The van der Waals surface area contributed by atoms with Gasteiger partial charge >= 0.3 is 0 Å². The fraction of sp³-hybridized carbons (Fsp3) is 0.222. The number of aromatic nitrogens is 1. The molecule has 0 fully saturated rings. The van der Waals surface area contributed by atoms with Gasteiger partial charge in [0.15, 0.2) is 11.4 Å². The van der Waals surface area contributed by atoms with E-state index in [4.69, 9.17) is 21.9 Å². The van der Waals surface area contributed by atoms with Crippen LogP contribution in [0.2, 0.25) is 5.02 Å². The number of fused-ring (bicyclic) bond motifs is 1. The number of anilines is 1. The molecule has 0 bridgehead atoms. The van der Waals surface area contributed by atoms with Crippen LogP contribution < -0.4 is 11.1 Å². The SMILES string of the molecule is NCCNc1noc2cccc(Cl)c12. The van der Waals surface area contributed by atoms with Gasteiger partial charge in [0.2, 0.25) is 0 Å². The molecule has 4 nitrogen and oxygen atoms in total. The summed E-state index contributed by atoms with van der Waals surface area (Å²) in [4.78, 5) is 0. The van der Waals surface area contributed by atoms with E-state index in [1.807, 2.05) is 12.1 Å². The Morgan fingerprint density at radius 3 is 3.14 bits per heavy atom. The first-order valence-electron chi connectivity index (χ1n) is 4.31. The van der Waals surface area contributed by atoms with E-state index in [0.717, 1.165) is 5.39 Å². The van der Waals surface area contributed by atoms with E-state index in [-0.39, 0.29) is 0 Å². The van der Waals surface area contributed by atoms with Gasteiger partial charge in [-0.05, 0) is 12.1 Å². The smallest absolute Gasteiger partial charge is 0.178 e. The molecule has 1 aromatic heterocycles. The highest BCUT2D eigenvalue weighted by Gasteiger charge is 2.09. The largest absolute Gasteiger partial charge is 0.365 e. The normalized spacial score (nSPS) is 10.7. The fourth-order valence-corrected chi connectivity index (χ4v) is 1.52. The van der Waals surface area contributed by atoms with Crippen molar-refractivity contribution in [3.05, 3.63) is 23.2 Å². The van der Waals surface area contributed by atoms with Gasteiger partial charge in [-0.15, -0.1) is 0 Å². The lowest BCUT2D eigenvalue weighted by Gasteiger charge is -1.99. The number of nitrogens with one attached hydrogen (secondary N) is 1. The van der Waals surface area contributed by atoms with Crippen LogP contribution in [0.15, 0.2) is 22.7 Å². The Morgan fingerprint density at radius 2 is 2.36 bits per heavy atom. The summed E-state index contributed by atoms with van der Waals surface area (Å²) in [5.41, 5.74) is 6.05. The molecular weight excluding hydrogens is 202 g/mol. The van der Waals surface area contributed by atoms with Crippen LogP contribution in [0, 0.1) is 0 Å². The zero-order valence-electron chi connectivity index (χ0n) is 7.46. The highest BCUT2D eigenvalue weighted by atomic mass is 35.5. The molecule has 2 rings (SSSR count). The monoisotopic (exact) mass is 211 g/mol. The molecule has 3 N–H and O–H groups in total. The van der Waals surface area contributed by atoms with Crippen LogP contribution in [0.4, 0.5) is 5.82 Å². The van der Waals surface area contributed by atoms with Gasteiger partial charge in [-0.3, -0.25) is 0 Å². The minimum Gasteiger partial charge on any atom is -0.365 e. The van der Waals surface area contributed by atoms with Gasteiger partial charge in [-0.1, -0.05) is 22.8 Å². The topological polar surface area (TPSA) is 64.1 Å². The summed E-state index contributed by atoms with van der Waals surface area (Å²) in [5.74, 6) is 0.649. The van der Waals surface area contributed by atoms with E-state index in [1.54, 1.807) is 6.07 Å². The molecule has 5 heteroatoms. The maximum absolute atomic E-state index is 6.01. The molecule has 0 aliphatic carbocycles. The molecule has 0 atom stereocenters. The van der Waals surface area contributed by atoms with Crippen LogP contribution in [-0.2, 0) is 0 Å². The zero-order chi connectivity index (χ0) is 9.97. The maximum Gasteiger partial charge on any atom is 0.178 e. The zero-order valence-corrected chi connectivity index (χ0v) is 8.21. The van der Waals surface area contributed by atoms with Crippen molar-refractivity contribution in [2.24, 2.45) is 5.73 Å². The first-order valence-corrected chi connectivity index (χ1v) is 4.68. The Hall–Kier alpha value is -1.26. The summed E-state index contributed by atoms with van der Waals surface area (Å²) >= 11 is 6.01. The Morgan fingerprint density at radius 1 is 1.50 bits per heavy atom. The lowest BCUT2D eigenvalue weighted by molar-refractivity contribution is 0.459. The molecule has 14 heavy (non-hydrogen) atoms. The first kappa shape index (κ1) is 9.30. The summed E-state index contributed by atoms with van der Waals surface area (Å²) in [6.07, 6.45) is 0. The van der Waals surface area contributed by atoms with Crippen LogP contribution in [0.25, 0.3) is 11.0 Å². The van der Waals surface area contributed by atoms with Gasteiger partial charge in [-0.25, -0.2) is 0 Å².